The first-order valence-electron chi connectivity index (χ1n) is 10.2. The summed E-state index contributed by atoms with van der Waals surface area (Å²) in [6.07, 6.45) is 0. The fraction of sp³-hybridized carbons (Fsp3) is 0.120. The quantitative estimate of drug-likeness (QED) is 0.387. The van der Waals surface area contributed by atoms with Crippen molar-refractivity contribution >= 4 is 52.6 Å². The minimum absolute atomic E-state index is 0.00893. The van der Waals surface area contributed by atoms with E-state index < -0.39 is 30.3 Å². The lowest BCUT2D eigenvalue weighted by Gasteiger charge is -2.14. The zero-order valence-corrected chi connectivity index (χ0v) is 19.4. The zero-order valence-electron chi connectivity index (χ0n) is 17.9. The summed E-state index contributed by atoms with van der Waals surface area (Å²) >= 11 is 12.2. The maximum atomic E-state index is 12.9. The molecule has 0 saturated carbocycles. The van der Waals surface area contributed by atoms with Crippen LogP contribution in [0.25, 0.3) is 0 Å². The van der Waals surface area contributed by atoms with E-state index in [0.717, 1.165) is 10.5 Å². The molecule has 9 heteroatoms. The van der Waals surface area contributed by atoms with E-state index in [1.807, 2.05) is 6.92 Å². The second-order valence-electron chi connectivity index (χ2n) is 7.64. The number of nitrogens with zero attached hydrogens (tertiary/aromatic N) is 1. The molecule has 3 aromatic rings. The second-order valence-corrected chi connectivity index (χ2v) is 8.45. The van der Waals surface area contributed by atoms with Gasteiger partial charge in [0.2, 0.25) is 0 Å². The normalized spacial score (nSPS) is 12.5. The Bertz CT molecular complexity index is 1340. The lowest BCUT2D eigenvalue weighted by molar-refractivity contribution is -0.119. The van der Waals surface area contributed by atoms with Crippen LogP contribution in [0, 0.1) is 6.92 Å². The number of halogens is 2. The summed E-state index contributed by atoms with van der Waals surface area (Å²) in [6.45, 7) is 1.31. The third-order valence-corrected chi connectivity index (χ3v) is 6.06. The van der Waals surface area contributed by atoms with Crippen molar-refractivity contribution in [2.45, 2.75) is 13.5 Å². The number of imide groups is 1. The summed E-state index contributed by atoms with van der Waals surface area (Å²) in [5.41, 5.74) is 2.27. The van der Waals surface area contributed by atoms with E-state index >= 15 is 0 Å². The van der Waals surface area contributed by atoms with Gasteiger partial charge in [0.05, 0.1) is 23.2 Å². The fourth-order valence-electron chi connectivity index (χ4n) is 3.44. The molecule has 0 unspecified atom stereocenters. The topological polar surface area (TPSA) is 92.8 Å². The first kappa shape index (κ1) is 23.5. The van der Waals surface area contributed by atoms with Gasteiger partial charge in [0.25, 0.3) is 17.7 Å². The average Bonchev–Trinajstić information content (AvgIpc) is 3.05. The highest BCUT2D eigenvalue weighted by Gasteiger charge is 2.36. The summed E-state index contributed by atoms with van der Waals surface area (Å²) in [5, 5.41) is 3.52. The number of carbonyl (C=O) groups is 4. The molecule has 0 saturated heterocycles. The molecular weight excluding hydrogens is 479 g/mol. The highest BCUT2D eigenvalue weighted by molar-refractivity contribution is 6.32. The molecule has 0 radical (unpaired) electrons. The van der Waals surface area contributed by atoms with Crippen LogP contribution in [0.3, 0.4) is 0 Å². The summed E-state index contributed by atoms with van der Waals surface area (Å²) in [7, 11) is 0. The third-order valence-electron chi connectivity index (χ3n) is 5.28. The number of hydrogen-bond donors (Lipinski definition) is 1. The van der Waals surface area contributed by atoms with Crippen LogP contribution < -0.4 is 5.32 Å². The summed E-state index contributed by atoms with van der Waals surface area (Å²) < 4.78 is 5.06. The number of ether oxygens (including phenoxy) is 1. The number of carbonyl (C=O) groups excluding carboxylic acids is 4. The Morgan fingerprint density at radius 3 is 2.38 bits per heavy atom. The van der Waals surface area contributed by atoms with Crippen LogP contribution in [0.1, 0.15) is 42.2 Å². The predicted molar refractivity (Wildman–Crippen MR) is 127 cm³/mol. The van der Waals surface area contributed by atoms with Crippen LogP contribution >= 0.6 is 23.2 Å². The molecule has 1 heterocycles. The van der Waals surface area contributed by atoms with Crippen LogP contribution in [0.15, 0.2) is 60.7 Å². The van der Waals surface area contributed by atoms with E-state index in [-0.39, 0.29) is 23.2 Å². The maximum Gasteiger partial charge on any atom is 0.338 e. The van der Waals surface area contributed by atoms with Crippen molar-refractivity contribution in [2.75, 3.05) is 11.9 Å². The fourth-order valence-corrected chi connectivity index (χ4v) is 3.82. The molecule has 1 aliphatic heterocycles. The Balaban J connectivity index is 1.41. The van der Waals surface area contributed by atoms with E-state index in [9.17, 15) is 19.2 Å². The van der Waals surface area contributed by atoms with Gasteiger partial charge >= 0.3 is 5.97 Å². The molecule has 0 bridgehead atoms. The molecule has 172 valence electrons. The molecule has 4 rings (SSSR count). The van der Waals surface area contributed by atoms with Crippen LogP contribution in [0.2, 0.25) is 10.0 Å². The van der Waals surface area contributed by atoms with Gasteiger partial charge in [0.15, 0.2) is 6.61 Å². The average molecular weight is 497 g/mol. The van der Waals surface area contributed by atoms with Gasteiger partial charge in [-0.25, -0.2) is 4.79 Å². The highest BCUT2D eigenvalue weighted by atomic mass is 35.5. The third kappa shape index (κ3) is 4.81. The molecule has 0 atom stereocenters. The summed E-state index contributed by atoms with van der Waals surface area (Å²) in [4.78, 5) is 51.2. The molecule has 7 nitrogen and oxygen atoms in total. The minimum Gasteiger partial charge on any atom is -0.452 e. The van der Waals surface area contributed by atoms with Crippen LogP contribution in [0.5, 0.6) is 0 Å². The number of rotatable bonds is 6. The monoisotopic (exact) mass is 496 g/mol. The largest absolute Gasteiger partial charge is 0.452 e. The van der Waals surface area contributed by atoms with Gasteiger partial charge in [0.1, 0.15) is 0 Å². The highest BCUT2D eigenvalue weighted by Crippen LogP contribution is 2.27. The van der Waals surface area contributed by atoms with Crippen LogP contribution in [-0.2, 0) is 16.1 Å². The molecule has 0 fully saturated rings. The second kappa shape index (κ2) is 9.67. The summed E-state index contributed by atoms with van der Waals surface area (Å²) in [5.74, 6) is -2.36. The van der Waals surface area contributed by atoms with Gasteiger partial charge in [-0.2, -0.15) is 0 Å². The summed E-state index contributed by atoms with van der Waals surface area (Å²) in [6, 6.07) is 16.0. The Morgan fingerprint density at radius 1 is 0.912 bits per heavy atom. The molecule has 34 heavy (non-hydrogen) atoms. The van der Waals surface area contributed by atoms with Crippen molar-refractivity contribution in [3.8, 4) is 0 Å². The number of fused-ring (bicyclic) bond motifs is 1. The number of benzene rings is 3. The SMILES string of the molecule is Cc1ccc(NC(=O)COC(=O)c2ccc3c(c2)C(=O)N(Cc2ccccc2Cl)C3=O)cc1Cl. The smallest absolute Gasteiger partial charge is 0.338 e. The van der Waals surface area contributed by atoms with Gasteiger partial charge < -0.3 is 10.1 Å². The number of nitrogens with one attached hydrogen (secondary N) is 1. The molecule has 1 N–H and O–H groups in total. The van der Waals surface area contributed by atoms with E-state index in [1.54, 1.807) is 42.5 Å². The lowest BCUT2D eigenvalue weighted by atomic mass is 10.1. The van der Waals surface area contributed by atoms with E-state index in [4.69, 9.17) is 27.9 Å². The van der Waals surface area contributed by atoms with Crippen molar-refractivity contribution in [1.82, 2.24) is 4.90 Å². The first-order valence-corrected chi connectivity index (χ1v) is 11.0. The number of amides is 3. The number of hydrogen-bond acceptors (Lipinski definition) is 5. The molecule has 1 aliphatic rings. The van der Waals surface area contributed by atoms with Gasteiger partial charge in [-0.05, 0) is 54.4 Å². The first-order chi connectivity index (χ1) is 16.2. The van der Waals surface area contributed by atoms with Gasteiger partial charge in [0, 0.05) is 15.7 Å². The van der Waals surface area contributed by atoms with E-state index in [0.29, 0.717) is 21.3 Å². The standard InChI is InChI=1S/C25H18Cl2N2O5/c1-14-6-8-17(11-21(14)27)28-22(30)13-34-25(33)15-7-9-18-19(10-15)24(32)29(23(18)31)12-16-4-2-3-5-20(16)26/h2-11H,12-13H2,1H3,(H,28,30). The van der Waals surface area contributed by atoms with Crippen molar-refractivity contribution in [3.63, 3.8) is 0 Å². The van der Waals surface area contributed by atoms with Gasteiger partial charge in [-0.15, -0.1) is 0 Å². The Kier molecular flexibility index (Phi) is 6.68. The van der Waals surface area contributed by atoms with E-state index in [2.05, 4.69) is 5.32 Å². The van der Waals surface area contributed by atoms with Crippen LogP contribution in [0.4, 0.5) is 5.69 Å². The molecule has 0 spiro atoms. The molecule has 0 aromatic heterocycles. The van der Waals surface area contributed by atoms with Crippen molar-refractivity contribution < 1.29 is 23.9 Å². The van der Waals surface area contributed by atoms with Crippen molar-refractivity contribution in [1.29, 1.82) is 0 Å². The minimum atomic E-state index is -0.801. The number of aryl methyl sites for hydroxylation is 1. The van der Waals surface area contributed by atoms with E-state index in [1.165, 1.54) is 18.2 Å². The molecular formula is C25H18Cl2N2O5. The van der Waals surface area contributed by atoms with Crippen molar-refractivity contribution in [2.24, 2.45) is 0 Å². The lowest BCUT2D eigenvalue weighted by Crippen LogP contribution is -2.29. The Labute approximate surface area is 205 Å². The molecule has 3 aromatic carbocycles. The maximum absolute atomic E-state index is 12.9. The van der Waals surface area contributed by atoms with Crippen LogP contribution in [-0.4, -0.2) is 35.2 Å². The number of esters is 1. The van der Waals surface area contributed by atoms with Crippen molar-refractivity contribution in [3.05, 3.63) is 98.5 Å². The van der Waals surface area contributed by atoms with Gasteiger partial charge in [-0.1, -0.05) is 47.5 Å². The Morgan fingerprint density at radius 2 is 1.65 bits per heavy atom. The molecule has 0 aliphatic carbocycles. The molecule has 3 amide bonds. The Hall–Kier alpha value is -3.68. The number of anilines is 1. The van der Waals surface area contributed by atoms with Gasteiger partial charge in [-0.3, -0.25) is 19.3 Å². The predicted octanol–water partition coefficient (Wildman–Crippen LogP) is 4.89. The zero-order chi connectivity index (χ0) is 24.4.